The third kappa shape index (κ3) is 2.48. The van der Waals surface area contributed by atoms with E-state index in [0.29, 0.717) is 17.5 Å². The molecule has 4 nitrogen and oxygen atoms in total. The molecule has 2 aromatic heterocycles. The minimum absolute atomic E-state index is 0.432. The van der Waals surface area contributed by atoms with Crippen molar-refractivity contribution >= 4 is 17.4 Å². The molecule has 0 radical (unpaired) electrons. The number of halogens is 1. The summed E-state index contributed by atoms with van der Waals surface area (Å²) in [4.78, 5) is 10.7. The Morgan fingerprint density at radius 1 is 1.22 bits per heavy atom. The first-order valence-corrected chi connectivity index (χ1v) is 6.11. The second-order valence-electron chi connectivity index (χ2n) is 4.37. The van der Waals surface area contributed by atoms with Gasteiger partial charge in [0.2, 0.25) is 0 Å². The molecule has 0 atom stereocenters. The minimum atomic E-state index is 0.432. The first-order chi connectivity index (χ1) is 8.49. The van der Waals surface area contributed by atoms with Crippen LogP contribution in [0.2, 0.25) is 5.15 Å². The molecule has 0 aliphatic rings. The van der Waals surface area contributed by atoms with Crippen LogP contribution in [0.25, 0.3) is 0 Å². The van der Waals surface area contributed by atoms with E-state index < -0.39 is 0 Å². The van der Waals surface area contributed by atoms with E-state index in [1.165, 1.54) is 0 Å². The van der Waals surface area contributed by atoms with Crippen molar-refractivity contribution in [2.24, 2.45) is 0 Å². The fourth-order valence-corrected chi connectivity index (χ4v) is 2.03. The highest BCUT2D eigenvalue weighted by molar-refractivity contribution is 6.31. The van der Waals surface area contributed by atoms with E-state index in [1.54, 1.807) is 6.26 Å². The smallest absolute Gasteiger partial charge is 0.171 e. The van der Waals surface area contributed by atoms with Crippen LogP contribution in [0, 0.1) is 20.8 Å². The molecule has 2 rings (SSSR count). The number of aryl methyl sites for hydroxylation is 3. The van der Waals surface area contributed by atoms with E-state index in [1.807, 2.05) is 38.8 Å². The molecule has 96 valence electrons. The van der Waals surface area contributed by atoms with Crippen molar-refractivity contribution in [1.29, 1.82) is 0 Å². The minimum Gasteiger partial charge on any atom is -0.469 e. The van der Waals surface area contributed by atoms with Gasteiger partial charge in [-0.1, -0.05) is 11.6 Å². The van der Waals surface area contributed by atoms with Crippen molar-refractivity contribution in [3.63, 3.8) is 0 Å². The predicted molar refractivity (Wildman–Crippen MR) is 72.1 cm³/mol. The quantitative estimate of drug-likeness (QED) is 0.854. The topological polar surface area (TPSA) is 42.2 Å². The van der Waals surface area contributed by atoms with Gasteiger partial charge >= 0.3 is 0 Å². The largest absolute Gasteiger partial charge is 0.469 e. The number of anilines is 1. The Balaban J connectivity index is 2.26. The summed E-state index contributed by atoms with van der Waals surface area (Å²) in [5.74, 6) is 1.61. The van der Waals surface area contributed by atoms with E-state index in [9.17, 15) is 0 Å². The lowest BCUT2D eigenvalue weighted by atomic mass is 10.2. The van der Waals surface area contributed by atoms with E-state index in [2.05, 4.69) is 9.97 Å². The summed E-state index contributed by atoms with van der Waals surface area (Å²) in [7, 11) is 1.94. The zero-order valence-corrected chi connectivity index (χ0v) is 11.7. The van der Waals surface area contributed by atoms with Crippen LogP contribution in [-0.4, -0.2) is 17.0 Å². The molecule has 2 aromatic rings. The Morgan fingerprint density at radius 2 is 1.89 bits per heavy atom. The van der Waals surface area contributed by atoms with Gasteiger partial charge in [0.1, 0.15) is 5.76 Å². The summed E-state index contributed by atoms with van der Waals surface area (Å²) in [5, 5.41) is 0.432. The third-order valence-corrected chi connectivity index (χ3v) is 3.24. The highest BCUT2D eigenvalue weighted by Gasteiger charge is 2.13. The number of furan rings is 1. The monoisotopic (exact) mass is 265 g/mol. The first-order valence-electron chi connectivity index (χ1n) is 5.74. The molecule has 0 saturated carbocycles. The number of nitrogens with zero attached hydrogens (tertiary/aromatic N) is 3. The van der Waals surface area contributed by atoms with Crippen molar-refractivity contribution in [3.8, 4) is 0 Å². The van der Waals surface area contributed by atoms with E-state index >= 15 is 0 Å². The van der Waals surface area contributed by atoms with Crippen molar-refractivity contribution in [2.75, 3.05) is 11.9 Å². The van der Waals surface area contributed by atoms with Gasteiger partial charge in [-0.3, -0.25) is 0 Å². The predicted octanol–water partition coefficient (Wildman–Crippen LogP) is 3.28. The molecular formula is C13H16ClN3O. The Labute approximate surface area is 112 Å². The SMILES string of the molecule is Cc1nc(Cl)c(N(C)Cc2ccoc2C)nc1C. The summed E-state index contributed by atoms with van der Waals surface area (Å²) in [6.07, 6.45) is 1.69. The van der Waals surface area contributed by atoms with Crippen LogP contribution in [0.15, 0.2) is 16.7 Å². The molecule has 18 heavy (non-hydrogen) atoms. The fourth-order valence-electron chi connectivity index (χ4n) is 1.71. The molecule has 0 saturated heterocycles. The highest BCUT2D eigenvalue weighted by atomic mass is 35.5. The van der Waals surface area contributed by atoms with Crippen LogP contribution in [0.5, 0.6) is 0 Å². The molecule has 0 aliphatic carbocycles. The molecule has 0 amide bonds. The Kier molecular flexibility index (Phi) is 3.57. The van der Waals surface area contributed by atoms with Crippen molar-refractivity contribution in [3.05, 3.63) is 40.2 Å². The van der Waals surface area contributed by atoms with Gasteiger partial charge in [0.05, 0.1) is 17.7 Å². The van der Waals surface area contributed by atoms with Crippen LogP contribution in [0.4, 0.5) is 5.82 Å². The van der Waals surface area contributed by atoms with Gasteiger partial charge in [0.15, 0.2) is 11.0 Å². The summed E-state index contributed by atoms with van der Waals surface area (Å²) in [5.41, 5.74) is 2.87. The first kappa shape index (κ1) is 12.9. The van der Waals surface area contributed by atoms with Crippen LogP contribution >= 0.6 is 11.6 Å². The Morgan fingerprint density at radius 3 is 2.50 bits per heavy atom. The van der Waals surface area contributed by atoms with Gasteiger partial charge in [-0.15, -0.1) is 0 Å². The number of hydrogen-bond donors (Lipinski definition) is 0. The molecule has 2 heterocycles. The lowest BCUT2D eigenvalue weighted by molar-refractivity contribution is 0.529. The fraction of sp³-hybridized carbons (Fsp3) is 0.385. The zero-order chi connectivity index (χ0) is 13.3. The van der Waals surface area contributed by atoms with Crippen molar-refractivity contribution < 1.29 is 4.42 Å². The van der Waals surface area contributed by atoms with Gasteiger partial charge in [0.25, 0.3) is 0 Å². The summed E-state index contributed by atoms with van der Waals surface area (Å²) in [6.45, 7) is 6.47. The van der Waals surface area contributed by atoms with E-state index in [4.69, 9.17) is 16.0 Å². The van der Waals surface area contributed by atoms with Gasteiger partial charge in [0, 0.05) is 19.2 Å². The Bertz CT molecular complexity index is 565. The van der Waals surface area contributed by atoms with Crippen LogP contribution in [0.1, 0.15) is 22.7 Å². The number of aromatic nitrogens is 2. The lowest BCUT2D eigenvalue weighted by Crippen LogP contribution is -2.19. The lowest BCUT2D eigenvalue weighted by Gasteiger charge is -2.19. The zero-order valence-electron chi connectivity index (χ0n) is 11.0. The summed E-state index contributed by atoms with van der Waals surface area (Å²) >= 11 is 6.14. The molecule has 5 heteroatoms. The second-order valence-corrected chi connectivity index (χ2v) is 4.72. The maximum absolute atomic E-state index is 6.14. The van der Waals surface area contributed by atoms with Crippen LogP contribution in [-0.2, 0) is 6.54 Å². The number of rotatable bonds is 3. The maximum atomic E-state index is 6.14. The van der Waals surface area contributed by atoms with E-state index in [-0.39, 0.29) is 0 Å². The van der Waals surface area contributed by atoms with Crippen LogP contribution in [0.3, 0.4) is 0 Å². The standard InChI is InChI=1S/C13H16ClN3O/c1-8-9(2)16-13(12(14)15-8)17(4)7-11-5-6-18-10(11)3/h5-6H,7H2,1-4H3. The second kappa shape index (κ2) is 4.98. The van der Waals surface area contributed by atoms with Gasteiger partial charge in [-0.2, -0.15) is 0 Å². The molecular weight excluding hydrogens is 250 g/mol. The molecule has 0 aliphatic heterocycles. The normalized spacial score (nSPS) is 10.7. The number of hydrogen-bond acceptors (Lipinski definition) is 4. The van der Waals surface area contributed by atoms with Crippen molar-refractivity contribution in [2.45, 2.75) is 27.3 Å². The Hall–Kier alpha value is -1.55. The molecule has 0 spiro atoms. The summed E-state index contributed by atoms with van der Waals surface area (Å²) < 4.78 is 5.28. The molecule has 0 fully saturated rings. The molecule has 0 aromatic carbocycles. The maximum Gasteiger partial charge on any atom is 0.171 e. The van der Waals surface area contributed by atoms with Gasteiger partial charge < -0.3 is 9.32 Å². The van der Waals surface area contributed by atoms with Gasteiger partial charge in [-0.25, -0.2) is 9.97 Å². The molecule has 0 bridgehead atoms. The summed E-state index contributed by atoms with van der Waals surface area (Å²) in [6, 6.07) is 1.95. The average Bonchev–Trinajstić information content (AvgIpc) is 2.69. The molecule has 0 unspecified atom stereocenters. The van der Waals surface area contributed by atoms with Gasteiger partial charge in [-0.05, 0) is 26.8 Å². The third-order valence-electron chi connectivity index (χ3n) is 2.98. The highest BCUT2D eigenvalue weighted by Crippen LogP contribution is 2.24. The van der Waals surface area contributed by atoms with Crippen LogP contribution < -0.4 is 4.90 Å². The van der Waals surface area contributed by atoms with E-state index in [0.717, 1.165) is 22.7 Å². The molecule has 0 N–H and O–H groups in total. The van der Waals surface area contributed by atoms with Crippen molar-refractivity contribution in [1.82, 2.24) is 9.97 Å². The average molecular weight is 266 g/mol.